The Labute approximate surface area is 111 Å². The molecule has 0 aliphatic heterocycles. The van der Waals surface area contributed by atoms with Gasteiger partial charge in [-0.25, -0.2) is 0 Å². The Balaban J connectivity index is 1.98. The van der Waals surface area contributed by atoms with Crippen molar-refractivity contribution in [3.63, 3.8) is 0 Å². The van der Waals surface area contributed by atoms with Crippen LogP contribution in [0.25, 0.3) is 0 Å². The van der Waals surface area contributed by atoms with Gasteiger partial charge >= 0.3 is 0 Å². The molecule has 1 unspecified atom stereocenters. The number of rotatable bonds is 4. The van der Waals surface area contributed by atoms with Crippen LogP contribution in [-0.2, 0) is 6.42 Å². The molecule has 0 amide bonds. The third kappa shape index (κ3) is 3.76. The van der Waals surface area contributed by atoms with Crippen LogP contribution >= 0.6 is 15.9 Å². The highest BCUT2D eigenvalue weighted by Crippen LogP contribution is 2.27. The minimum atomic E-state index is 0.381. The molecule has 0 spiro atoms. The van der Waals surface area contributed by atoms with Crippen molar-refractivity contribution in [3.05, 3.63) is 28.5 Å². The Bertz CT molecular complexity index is 350. The van der Waals surface area contributed by atoms with E-state index in [0.29, 0.717) is 12.0 Å². The van der Waals surface area contributed by atoms with Crippen LogP contribution in [0, 0.1) is 5.92 Å². The second-order valence-electron chi connectivity index (χ2n) is 4.89. The van der Waals surface area contributed by atoms with Crippen molar-refractivity contribution in [1.82, 2.24) is 10.4 Å². The van der Waals surface area contributed by atoms with E-state index in [1.807, 2.05) is 12.4 Å². The fourth-order valence-corrected chi connectivity index (χ4v) is 3.13. The van der Waals surface area contributed by atoms with Gasteiger partial charge in [-0.15, -0.1) is 0 Å². The molecule has 0 bridgehead atoms. The van der Waals surface area contributed by atoms with Gasteiger partial charge in [0, 0.05) is 22.9 Å². The first-order valence-corrected chi connectivity index (χ1v) is 7.14. The van der Waals surface area contributed by atoms with Gasteiger partial charge in [0.1, 0.15) is 0 Å². The highest BCUT2D eigenvalue weighted by molar-refractivity contribution is 9.10. The summed E-state index contributed by atoms with van der Waals surface area (Å²) in [6.45, 7) is 0. The molecule has 1 heterocycles. The number of halogens is 1. The van der Waals surface area contributed by atoms with Crippen molar-refractivity contribution < 1.29 is 0 Å². The molecule has 1 saturated carbocycles. The van der Waals surface area contributed by atoms with Crippen molar-refractivity contribution in [2.45, 2.75) is 44.6 Å². The van der Waals surface area contributed by atoms with E-state index in [4.69, 9.17) is 5.84 Å². The fraction of sp³-hybridized carbons (Fsp3) is 0.615. The number of nitrogens with zero attached hydrogens (tertiary/aromatic N) is 1. The molecule has 2 rings (SSSR count). The number of nitrogens with one attached hydrogen (secondary N) is 1. The molecular formula is C13H20BrN3. The molecule has 4 heteroatoms. The summed E-state index contributed by atoms with van der Waals surface area (Å²) in [7, 11) is 0. The number of hydrazine groups is 1. The Kier molecular flexibility index (Phi) is 4.95. The van der Waals surface area contributed by atoms with Crippen LogP contribution in [0.2, 0.25) is 0 Å². The smallest absolute Gasteiger partial charge is 0.0410 e. The fourth-order valence-electron chi connectivity index (χ4n) is 2.72. The predicted molar refractivity (Wildman–Crippen MR) is 73.3 cm³/mol. The number of hydrogen-bond donors (Lipinski definition) is 2. The SMILES string of the molecule is NNC(Cc1cncc(Br)c1)C1CCCCC1. The molecule has 3 N–H and O–H groups in total. The Morgan fingerprint density at radius 1 is 1.35 bits per heavy atom. The minimum Gasteiger partial charge on any atom is -0.271 e. The molecule has 0 saturated heterocycles. The van der Waals surface area contributed by atoms with Crippen molar-refractivity contribution >= 4 is 15.9 Å². The quantitative estimate of drug-likeness (QED) is 0.664. The topological polar surface area (TPSA) is 50.9 Å². The van der Waals surface area contributed by atoms with E-state index in [1.54, 1.807) is 0 Å². The van der Waals surface area contributed by atoms with Crippen LogP contribution in [0.3, 0.4) is 0 Å². The molecule has 1 aromatic rings. The first-order valence-electron chi connectivity index (χ1n) is 6.35. The highest BCUT2D eigenvalue weighted by atomic mass is 79.9. The predicted octanol–water partition coefficient (Wildman–Crippen LogP) is 2.80. The van der Waals surface area contributed by atoms with Gasteiger partial charge in [-0.1, -0.05) is 19.3 Å². The molecule has 3 nitrogen and oxygen atoms in total. The van der Waals surface area contributed by atoms with E-state index in [1.165, 1.54) is 37.7 Å². The van der Waals surface area contributed by atoms with Crippen molar-refractivity contribution in [3.8, 4) is 0 Å². The minimum absolute atomic E-state index is 0.381. The van der Waals surface area contributed by atoms with Crippen molar-refractivity contribution in [1.29, 1.82) is 0 Å². The number of pyridine rings is 1. The van der Waals surface area contributed by atoms with Gasteiger partial charge in [0.15, 0.2) is 0 Å². The van der Waals surface area contributed by atoms with Gasteiger partial charge in [-0.05, 0) is 52.7 Å². The molecule has 0 radical (unpaired) electrons. The second kappa shape index (κ2) is 6.47. The zero-order valence-corrected chi connectivity index (χ0v) is 11.6. The molecule has 0 aromatic carbocycles. The summed E-state index contributed by atoms with van der Waals surface area (Å²) in [5.74, 6) is 6.42. The van der Waals surface area contributed by atoms with Gasteiger partial charge in [0.05, 0.1) is 0 Å². The average Bonchev–Trinajstić information content (AvgIpc) is 2.37. The molecule has 1 aromatic heterocycles. The largest absolute Gasteiger partial charge is 0.271 e. The average molecular weight is 298 g/mol. The van der Waals surface area contributed by atoms with Crippen LogP contribution in [0.5, 0.6) is 0 Å². The summed E-state index contributed by atoms with van der Waals surface area (Å²) in [6.07, 6.45) is 11.4. The van der Waals surface area contributed by atoms with Gasteiger partial charge in [-0.3, -0.25) is 16.3 Å². The Morgan fingerprint density at radius 3 is 2.76 bits per heavy atom. The summed E-state index contributed by atoms with van der Waals surface area (Å²) in [5.41, 5.74) is 4.24. The lowest BCUT2D eigenvalue weighted by Crippen LogP contribution is -2.43. The lowest BCUT2D eigenvalue weighted by molar-refractivity contribution is 0.268. The molecule has 1 atom stereocenters. The zero-order chi connectivity index (χ0) is 12.1. The monoisotopic (exact) mass is 297 g/mol. The van der Waals surface area contributed by atoms with E-state index in [9.17, 15) is 0 Å². The lowest BCUT2D eigenvalue weighted by atomic mass is 9.82. The van der Waals surface area contributed by atoms with Crippen LogP contribution in [0.1, 0.15) is 37.7 Å². The van der Waals surface area contributed by atoms with Crippen LogP contribution in [0.4, 0.5) is 0 Å². The third-order valence-corrected chi connectivity index (χ3v) is 4.08. The maximum Gasteiger partial charge on any atom is 0.0410 e. The van der Waals surface area contributed by atoms with Crippen molar-refractivity contribution in [2.24, 2.45) is 11.8 Å². The van der Waals surface area contributed by atoms with Gasteiger partial charge in [0.2, 0.25) is 0 Å². The lowest BCUT2D eigenvalue weighted by Gasteiger charge is -2.29. The summed E-state index contributed by atoms with van der Waals surface area (Å²) >= 11 is 3.46. The summed E-state index contributed by atoms with van der Waals surface area (Å²) in [5, 5.41) is 0. The Hall–Kier alpha value is -0.450. The van der Waals surface area contributed by atoms with Crippen LogP contribution < -0.4 is 11.3 Å². The summed E-state index contributed by atoms with van der Waals surface area (Å²) < 4.78 is 1.04. The van der Waals surface area contributed by atoms with Gasteiger partial charge in [-0.2, -0.15) is 0 Å². The number of nitrogens with two attached hydrogens (primary N) is 1. The molecule has 1 fully saturated rings. The zero-order valence-electron chi connectivity index (χ0n) is 10.0. The van der Waals surface area contributed by atoms with Crippen LogP contribution in [-0.4, -0.2) is 11.0 Å². The van der Waals surface area contributed by atoms with E-state index in [-0.39, 0.29) is 0 Å². The van der Waals surface area contributed by atoms with Crippen molar-refractivity contribution in [2.75, 3.05) is 0 Å². The number of aromatic nitrogens is 1. The molecular weight excluding hydrogens is 278 g/mol. The second-order valence-corrected chi connectivity index (χ2v) is 5.80. The summed E-state index contributed by atoms with van der Waals surface area (Å²) in [6, 6.07) is 2.51. The van der Waals surface area contributed by atoms with Gasteiger partial charge in [0.25, 0.3) is 0 Å². The molecule has 17 heavy (non-hydrogen) atoms. The van der Waals surface area contributed by atoms with E-state index < -0.39 is 0 Å². The normalized spacial score (nSPS) is 19.2. The Morgan fingerprint density at radius 2 is 2.12 bits per heavy atom. The maximum absolute atomic E-state index is 5.71. The molecule has 1 aliphatic rings. The van der Waals surface area contributed by atoms with E-state index in [0.717, 1.165) is 10.9 Å². The van der Waals surface area contributed by atoms with E-state index >= 15 is 0 Å². The highest BCUT2D eigenvalue weighted by Gasteiger charge is 2.22. The first kappa shape index (κ1) is 13.0. The van der Waals surface area contributed by atoms with E-state index in [2.05, 4.69) is 32.4 Å². The molecule has 1 aliphatic carbocycles. The maximum atomic E-state index is 5.71. The third-order valence-electron chi connectivity index (χ3n) is 3.65. The number of hydrogen-bond acceptors (Lipinski definition) is 3. The first-order chi connectivity index (χ1) is 8.29. The summed E-state index contributed by atoms with van der Waals surface area (Å²) in [4.78, 5) is 4.20. The molecule has 94 valence electrons. The van der Waals surface area contributed by atoms with Crippen LogP contribution in [0.15, 0.2) is 22.9 Å². The standard InChI is InChI=1S/C13H20BrN3/c14-12-6-10(8-16-9-12)7-13(17-15)11-4-2-1-3-5-11/h6,8-9,11,13,17H,1-5,7,15H2. The van der Waals surface area contributed by atoms with Gasteiger partial charge < -0.3 is 0 Å².